The molecule has 0 radical (unpaired) electrons. The van der Waals surface area contributed by atoms with E-state index >= 15 is 0 Å². The van der Waals surface area contributed by atoms with Crippen molar-refractivity contribution in [2.45, 2.75) is 6.54 Å². The summed E-state index contributed by atoms with van der Waals surface area (Å²) in [5.41, 5.74) is 2.17. The third kappa shape index (κ3) is 2.27. The van der Waals surface area contributed by atoms with Gasteiger partial charge in [0.05, 0.1) is 18.4 Å². The van der Waals surface area contributed by atoms with Crippen LogP contribution in [0.5, 0.6) is 0 Å². The molecule has 0 amide bonds. The van der Waals surface area contributed by atoms with Crippen molar-refractivity contribution in [2.24, 2.45) is 0 Å². The topological polar surface area (TPSA) is 40.7 Å². The molecule has 0 aliphatic rings. The van der Waals surface area contributed by atoms with Crippen LogP contribution >= 0.6 is 15.9 Å². The third-order valence-corrected chi connectivity index (χ3v) is 2.83. The Labute approximate surface area is 97.1 Å². The van der Waals surface area contributed by atoms with Crippen LogP contribution in [-0.4, -0.2) is 17.0 Å². The lowest BCUT2D eigenvalue weighted by Crippen LogP contribution is -2.06. The van der Waals surface area contributed by atoms with Crippen LogP contribution in [0.4, 0.5) is 0 Å². The van der Waals surface area contributed by atoms with E-state index in [9.17, 15) is 0 Å². The molecular weight excluding hydrogens is 254 g/mol. The van der Waals surface area contributed by atoms with Gasteiger partial charge >= 0.3 is 0 Å². The normalized spacial score (nSPS) is 10.5. The molecular formula is C11H12BrN3. The molecule has 0 atom stereocenters. The smallest absolute Gasteiger partial charge is 0.120 e. The number of nitrogens with zero attached hydrogens (tertiary/aromatic N) is 1. The lowest BCUT2D eigenvalue weighted by atomic mass is 10.2. The second kappa shape index (κ2) is 4.59. The van der Waals surface area contributed by atoms with Gasteiger partial charge in [0.15, 0.2) is 0 Å². The molecule has 1 heterocycles. The fraction of sp³-hybridized carbons (Fsp3) is 0.182. The summed E-state index contributed by atoms with van der Waals surface area (Å²) >= 11 is 3.52. The summed E-state index contributed by atoms with van der Waals surface area (Å²) in [6.45, 7) is 0.754. The number of halogens is 1. The second-order valence-corrected chi connectivity index (χ2v) is 4.11. The van der Waals surface area contributed by atoms with Gasteiger partial charge in [-0.05, 0) is 13.1 Å². The van der Waals surface area contributed by atoms with Crippen molar-refractivity contribution in [3.8, 4) is 11.3 Å². The summed E-state index contributed by atoms with van der Waals surface area (Å²) < 4.78 is 1.07. The van der Waals surface area contributed by atoms with Crippen LogP contribution in [0.1, 0.15) is 5.82 Å². The van der Waals surface area contributed by atoms with Crippen molar-refractivity contribution in [1.29, 1.82) is 0 Å². The number of rotatable bonds is 3. The Hall–Kier alpha value is -1.13. The van der Waals surface area contributed by atoms with Crippen molar-refractivity contribution < 1.29 is 0 Å². The molecule has 0 aliphatic heterocycles. The number of benzene rings is 1. The first kappa shape index (κ1) is 10.4. The first-order chi connectivity index (χ1) is 7.31. The van der Waals surface area contributed by atoms with E-state index in [0.29, 0.717) is 0 Å². The molecule has 4 heteroatoms. The van der Waals surface area contributed by atoms with Gasteiger partial charge in [0, 0.05) is 10.0 Å². The maximum absolute atomic E-state index is 4.28. The first-order valence-corrected chi connectivity index (χ1v) is 5.54. The molecule has 0 bridgehead atoms. The van der Waals surface area contributed by atoms with E-state index in [2.05, 4.69) is 37.3 Å². The molecule has 2 rings (SSSR count). The maximum Gasteiger partial charge on any atom is 0.120 e. The minimum atomic E-state index is 0.754. The minimum Gasteiger partial charge on any atom is -0.341 e. The fourth-order valence-corrected chi connectivity index (χ4v) is 1.93. The molecule has 3 nitrogen and oxygen atoms in total. The summed E-state index contributed by atoms with van der Waals surface area (Å²) in [7, 11) is 1.90. The number of hydrogen-bond acceptors (Lipinski definition) is 2. The zero-order chi connectivity index (χ0) is 10.7. The molecule has 0 unspecified atom stereocenters. The molecule has 1 aromatic carbocycles. The van der Waals surface area contributed by atoms with Crippen molar-refractivity contribution >= 4 is 15.9 Å². The Morgan fingerprint density at radius 3 is 2.93 bits per heavy atom. The highest BCUT2D eigenvalue weighted by Crippen LogP contribution is 2.26. The zero-order valence-corrected chi connectivity index (χ0v) is 10.0. The Morgan fingerprint density at radius 1 is 1.40 bits per heavy atom. The summed E-state index contributed by atoms with van der Waals surface area (Å²) in [5, 5.41) is 3.06. The van der Waals surface area contributed by atoms with E-state index in [0.717, 1.165) is 28.1 Å². The van der Waals surface area contributed by atoms with Gasteiger partial charge in [-0.1, -0.05) is 34.1 Å². The molecule has 2 aromatic rings. The summed E-state index contributed by atoms with van der Waals surface area (Å²) in [5.74, 6) is 0.947. The van der Waals surface area contributed by atoms with E-state index in [1.54, 1.807) is 0 Å². The number of nitrogens with one attached hydrogen (secondary N) is 2. The van der Waals surface area contributed by atoms with E-state index in [1.165, 1.54) is 0 Å². The van der Waals surface area contributed by atoms with Gasteiger partial charge in [-0.2, -0.15) is 0 Å². The van der Waals surface area contributed by atoms with Crippen molar-refractivity contribution in [1.82, 2.24) is 15.3 Å². The van der Waals surface area contributed by atoms with E-state index in [1.807, 2.05) is 31.4 Å². The quantitative estimate of drug-likeness (QED) is 0.896. The van der Waals surface area contributed by atoms with Crippen LogP contribution in [0.25, 0.3) is 11.3 Å². The average Bonchev–Trinajstić information content (AvgIpc) is 2.68. The number of aromatic amines is 1. The van der Waals surface area contributed by atoms with Crippen LogP contribution in [0.2, 0.25) is 0 Å². The van der Waals surface area contributed by atoms with Crippen molar-refractivity contribution in [3.05, 3.63) is 40.8 Å². The van der Waals surface area contributed by atoms with E-state index in [4.69, 9.17) is 0 Å². The standard InChI is InChI=1S/C11H12BrN3/c1-13-7-11-14-6-10(15-11)8-4-2-3-5-9(8)12/h2-6,13H,7H2,1H3,(H,14,15). The third-order valence-electron chi connectivity index (χ3n) is 2.14. The Bertz CT molecular complexity index is 451. The lowest BCUT2D eigenvalue weighted by Gasteiger charge is -2.00. The minimum absolute atomic E-state index is 0.754. The van der Waals surface area contributed by atoms with Crippen molar-refractivity contribution in [3.63, 3.8) is 0 Å². The molecule has 15 heavy (non-hydrogen) atoms. The zero-order valence-electron chi connectivity index (χ0n) is 8.42. The molecule has 2 N–H and O–H groups in total. The predicted octanol–water partition coefficient (Wildman–Crippen LogP) is 2.56. The summed E-state index contributed by atoms with van der Waals surface area (Å²) in [6, 6.07) is 8.09. The van der Waals surface area contributed by atoms with Crippen LogP contribution < -0.4 is 5.32 Å². The SMILES string of the molecule is CNCc1ncc(-c2ccccc2Br)[nH]1. The molecule has 0 fully saturated rings. The van der Waals surface area contributed by atoms with Gasteiger partial charge in [0.2, 0.25) is 0 Å². The summed E-state index contributed by atoms with van der Waals surface area (Å²) in [4.78, 5) is 7.55. The highest BCUT2D eigenvalue weighted by molar-refractivity contribution is 9.10. The maximum atomic E-state index is 4.28. The number of hydrogen-bond donors (Lipinski definition) is 2. The van der Waals surface area contributed by atoms with E-state index in [-0.39, 0.29) is 0 Å². The molecule has 78 valence electrons. The van der Waals surface area contributed by atoms with Gasteiger partial charge < -0.3 is 10.3 Å². The summed E-state index contributed by atoms with van der Waals surface area (Å²) in [6.07, 6.45) is 1.85. The molecule has 0 saturated carbocycles. The van der Waals surface area contributed by atoms with Crippen LogP contribution in [0, 0.1) is 0 Å². The highest BCUT2D eigenvalue weighted by Gasteiger charge is 2.05. The van der Waals surface area contributed by atoms with E-state index < -0.39 is 0 Å². The Morgan fingerprint density at radius 2 is 2.20 bits per heavy atom. The highest BCUT2D eigenvalue weighted by atomic mass is 79.9. The lowest BCUT2D eigenvalue weighted by molar-refractivity contribution is 0.772. The van der Waals surface area contributed by atoms with Gasteiger partial charge in [0.1, 0.15) is 5.82 Å². The van der Waals surface area contributed by atoms with Crippen LogP contribution in [0.3, 0.4) is 0 Å². The van der Waals surface area contributed by atoms with Gasteiger partial charge in [-0.3, -0.25) is 0 Å². The largest absolute Gasteiger partial charge is 0.341 e. The Kier molecular flexibility index (Phi) is 3.18. The molecule has 1 aromatic heterocycles. The van der Waals surface area contributed by atoms with Crippen LogP contribution in [-0.2, 0) is 6.54 Å². The second-order valence-electron chi connectivity index (χ2n) is 3.25. The number of imidazole rings is 1. The monoisotopic (exact) mass is 265 g/mol. The Balaban J connectivity index is 2.33. The van der Waals surface area contributed by atoms with Gasteiger partial charge in [0.25, 0.3) is 0 Å². The van der Waals surface area contributed by atoms with Gasteiger partial charge in [-0.25, -0.2) is 4.98 Å². The predicted molar refractivity (Wildman–Crippen MR) is 64.5 cm³/mol. The van der Waals surface area contributed by atoms with Crippen LogP contribution in [0.15, 0.2) is 34.9 Å². The molecule has 0 aliphatic carbocycles. The molecule has 0 spiro atoms. The fourth-order valence-electron chi connectivity index (χ4n) is 1.44. The first-order valence-electron chi connectivity index (χ1n) is 4.74. The van der Waals surface area contributed by atoms with Crippen molar-refractivity contribution in [2.75, 3.05) is 7.05 Å². The average molecular weight is 266 g/mol. The molecule has 0 saturated heterocycles. The number of aromatic nitrogens is 2. The van der Waals surface area contributed by atoms with Gasteiger partial charge in [-0.15, -0.1) is 0 Å². The number of H-pyrrole nitrogens is 1.